The summed E-state index contributed by atoms with van der Waals surface area (Å²) in [5, 5.41) is 6.74. The van der Waals surface area contributed by atoms with Crippen LogP contribution in [-0.2, 0) is 11.2 Å². The molecule has 0 atom stereocenters. The zero-order chi connectivity index (χ0) is 24.2. The van der Waals surface area contributed by atoms with E-state index in [1.807, 2.05) is 30.3 Å². The molecule has 0 spiro atoms. The minimum atomic E-state index is -0.607. The number of carbonyl (C=O) groups is 2. The van der Waals surface area contributed by atoms with Gasteiger partial charge in [0, 0.05) is 18.4 Å². The minimum absolute atomic E-state index is 0.00237. The smallest absolute Gasteiger partial charge is 0.261 e. The van der Waals surface area contributed by atoms with Crippen molar-refractivity contribution in [1.82, 2.24) is 5.16 Å². The van der Waals surface area contributed by atoms with Crippen LogP contribution in [0.2, 0.25) is 5.02 Å². The molecule has 6 nitrogen and oxygen atoms in total. The highest BCUT2D eigenvalue weighted by atomic mass is 35.5. The Hall–Kier alpha value is -3.97. The number of benzene rings is 3. The van der Waals surface area contributed by atoms with Gasteiger partial charge in [-0.1, -0.05) is 53.2 Å². The number of nitrogens with one attached hydrogen (secondary N) is 1. The highest BCUT2D eigenvalue weighted by molar-refractivity contribution is 6.33. The maximum Gasteiger partial charge on any atom is 0.261 e. The van der Waals surface area contributed by atoms with Gasteiger partial charge >= 0.3 is 0 Å². The van der Waals surface area contributed by atoms with Crippen molar-refractivity contribution in [3.63, 3.8) is 0 Å². The number of anilines is 2. The van der Waals surface area contributed by atoms with E-state index in [-0.39, 0.29) is 39.9 Å². The van der Waals surface area contributed by atoms with Crippen LogP contribution in [-0.4, -0.2) is 24.0 Å². The monoisotopic (exact) mass is 477 g/mol. The number of hydrogen-bond donors (Lipinski definition) is 1. The van der Waals surface area contributed by atoms with Gasteiger partial charge in [-0.3, -0.25) is 9.59 Å². The molecule has 0 aliphatic heterocycles. The molecule has 0 bridgehead atoms. The van der Waals surface area contributed by atoms with Gasteiger partial charge in [0.2, 0.25) is 5.91 Å². The third-order valence-corrected chi connectivity index (χ3v) is 5.69. The first-order chi connectivity index (χ1) is 16.3. The van der Waals surface area contributed by atoms with Gasteiger partial charge in [-0.25, -0.2) is 4.39 Å². The summed E-state index contributed by atoms with van der Waals surface area (Å²) in [6.07, 6.45) is 0.209. The van der Waals surface area contributed by atoms with Gasteiger partial charge in [0.1, 0.15) is 22.8 Å². The summed E-state index contributed by atoms with van der Waals surface area (Å²) in [5.74, 6) is -0.947. The summed E-state index contributed by atoms with van der Waals surface area (Å²) >= 11 is 6.15. The summed E-state index contributed by atoms with van der Waals surface area (Å²) in [7, 11) is 1.73. The van der Waals surface area contributed by atoms with Crippen molar-refractivity contribution in [2.45, 2.75) is 13.3 Å². The van der Waals surface area contributed by atoms with Crippen molar-refractivity contribution >= 4 is 34.8 Å². The molecular formula is C26H21ClFN3O3. The third kappa shape index (κ3) is 4.84. The Labute approximate surface area is 200 Å². The lowest BCUT2D eigenvalue weighted by Gasteiger charge is -2.17. The van der Waals surface area contributed by atoms with Crippen LogP contribution in [0.25, 0.3) is 11.3 Å². The van der Waals surface area contributed by atoms with Crippen molar-refractivity contribution < 1.29 is 18.5 Å². The van der Waals surface area contributed by atoms with E-state index >= 15 is 0 Å². The number of nitrogens with zero attached hydrogens (tertiary/aromatic N) is 2. The van der Waals surface area contributed by atoms with E-state index in [1.165, 1.54) is 18.2 Å². The fourth-order valence-electron chi connectivity index (χ4n) is 3.52. The Morgan fingerprint density at radius 3 is 2.41 bits per heavy atom. The van der Waals surface area contributed by atoms with Crippen LogP contribution in [0.15, 0.2) is 77.3 Å². The fraction of sp³-hybridized carbons (Fsp3) is 0.115. The number of amides is 2. The van der Waals surface area contributed by atoms with Gasteiger partial charge < -0.3 is 14.7 Å². The van der Waals surface area contributed by atoms with E-state index in [9.17, 15) is 14.0 Å². The maximum absolute atomic E-state index is 14.4. The topological polar surface area (TPSA) is 75.4 Å². The number of aromatic nitrogens is 1. The Bertz CT molecular complexity index is 1320. The molecule has 0 unspecified atom stereocenters. The zero-order valence-corrected chi connectivity index (χ0v) is 19.3. The van der Waals surface area contributed by atoms with Gasteiger partial charge in [-0.05, 0) is 48.9 Å². The molecule has 0 aliphatic rings. The maximum atomic E-state index is 14.4. The molecule has 8 heteroatoms. The molecule has 1 N–H and O–H groups in total. The second-order valence-corrected chi connectivity index (χ2v) is 8.08. The van der Waals surface area contributed by atoms with Crippen LogP contribution in [0, 0.1) is 12.7 Å². The third-order valence-electron chi connectivity index (χ3n) is 5.37. The summed E-state index contributed by atoms with van der Waals surface area (Å²) in [6.45, 7) is 1.57. The van der Waals surface area contributed by atoms with Crippen LogP contribution >= 0.6 is 11.6 Å². The highest BCUT2D eigenvalue weighted by Gasteiger charge is 2.25. The molecule has 1 heterocycles. The zero-order valence-electron chi connectivity index (χ0n) is 18.5. The van der Waals surface area contributed by atoms with E-state index in [1.54, 1.807) is 43.1 Å². The normalized spacial score (nSPS) is 10.7. The fourth-order valence-corrected chi connectivity index (χ4v) is 3.78. The first kappa shape index (κ1) is 23.2. The van der Waals surface area contributed by atoms with Crippen molar-refractivity contribution in [2.24, 2.45) is 0 Å². The number of rotatable bonds is 6. The van der Waals surface area contributed by atoms with Gasteiger partial charge in [0.25, 0.3) is 5.91 Å². The van der Waals surface area contributed by atoms with Crippen LogP contribution in [0.3, 0.4) is 0 Å². The lowest BCUT2D eigenvalue weighted by atomic mass is 10.0. The quantitative estimate of drug-likeness (QED) is 0.375. The van der Waals surface area contributed by atoms with E-state index in [2.05, 4.69) is 10.5 Å². The Kier molecular flexibility index (Phi) is 6.75. The SMILES string of the molecule is Cc1onc(-c2c(F)cccc2Cl)c1C(=O)Nc1ccc(CC(=O)N(C)c2ccccc2)cc1. The molecule has 0 aliphatic carbocycles. The second kappa shape index (κ2) is 9.89. The molecule has 0 radical (unpaired) electrons. The van der Waals surface area contributed by atoms with Crippen molar-refractivity contribution in [1.29, 1.82) is 0 Å². The Morgan fingerprint density at radius 2 is 1.74 bits per heavy atom. The Balaban J connectivity index is 1.48. The molecule has 4 aromatic rings. The summed E-state index contributed by atoms with van der Waals surface area (Å²) in [5.41, 5.74) is 2.24. The number of para-hydroxylation sites is 1. The van der Waals surface area contributed by atoms with E-state index in [4.69, 9.17) is 16.1 Å². The standard InChI is InChI=1S/C26H21ClFN3O3/c1-16-23(25(30-34-16)24-20(27)9-6-10-21(24)28)26(33)29-18-13-11-17(12-14-18)15-22(32)31(2)19-7-4-3-5-8-19/h3-14H,15H2,1-2H3,(H,29,33). The molecule has 3 aromatic carbocycles. The number of carbonyl (C=O) groups excluding carboxylic acids is 2. The van der Waals surface area contributed by atoms with E-state index in [0.29, 0.717) is 5.69 Å². The molecule has 1 aromatic heterocycles. The Morgan fingerprint density at radius 1 is 1.03 bits per heavy atom. The summed E-state index contributed by atoms with van der Waals surface area (Å²) in [6, 6.07) is 20.5. The second-order valence-electron chi connectivity index (χ2n) is 7.68. The highest BCUT2D eigenvalue weighted by Crippen LogP contribution is 2.33. The summed E-state index contributed by atoms with van der Waals surface area (Å²) in [4.78, 5) is 27.2. The van der Waals surface area contributed by atoms with E-state index in [0.717, 1.165) is 11.3 Å². The lowest BCUT2D eigenvalue weighted by Crippen LogP contribution is -2.27. The van der Waals surface area contributed by atoms with Crippen LogP contribution in [0.5, 0.6) is 0 Å². The van der Waals surface area contributed by atoms with Crippen molar-refractivity contribution in [2.75, 3.05) is 17.3 Å². The molecular weight excluding hydrogens is 457 g/mol. The lowest BCUT2D eigenvalue weighted by molar-refractivity contribution is -0.117. The number of halogens is 2. The molecule has 0 saturated carbocycles. The predicted octanol–water partition coefficient (Wildman–Crippen LogP) is 5.90. The summed E-state index contributed by atoms with van der Waals surface area (Å²) < 4.78 is 19.6. The largest absolute Gasteiger partial charge is 0.360 e. The van der Waals surface area contributed by atoms with Crippen LogP contribution in [0.1, 0.15) is 21.7 Å². The first-order valence-corrected chi connectivity index (χ1v) is 10.9. The predicted molar refractivity (Wildman–Crippen MR) is 130 cm³/mol. The average molecular weight is 478 g/mol. The number of hydrogen-bond acceptors (Lipinski definition) is 4. The molecule has 4 rings (SSSR count). The molecule has 2 amide bonds. The average Bonchev–Trinajstić information content (AvgIpc) is 3.21. The van der Waals surface area contributed by atoms with Crippen LogP contribution < -0.4 is 10.2 Å². The molecule has 0 fully saturated rings. The molecule has 34 heavy (non-hydrogen) atoms. The number of likely N-dealkylation sites (N-methyl/N-ethyl adjacent to an activating group) is 1. The van der Waals surface area contributed by atoms with Gasteiger partial charge in [0.15, 0.2) is 0 Å². The molecule has 0 saturated heterocycles. The van der Waals surface area contributed by atoms with Gasteiger partial charge in [-0.15, -0.1) is 0 Å². The number of aryl methyl sites for hydroxylation is 1. The van der Waals surface area contributed by atoms with Crippen LogP contribution in [0.4, 0.5) is 15.8 Å². The van der Waals surface area contributed by atoms with Gasteiger partial charge in [0.05, 0.1) is 17.0 Å². The molecule has 172 valence electrons. The first-order valence-electron chi connectivity index (χ1n) is 10.5. The minimum Gasteiger partial charge on any atom is -0.360 e. The van der Waals surface area contributed by atoms with Crippen molar-refractivity contribution in [3.05, 3.63) is 101 Å². The van der Waals surface area contributed by atoms with E-state index < -0.39 is 11.7 Å². The van der Waals surface area contributed by atoms with Crippen molar-refractivity contribution in [3.8, 4) is 11.3 Å². The van der Waals surface area contributed by atoms with Gasteiger partial charge in [-0.2, -0.15) is 0 Å².